The molecule has 3 aliphatic carbocycles. The van der Waals surface area contributed by atoms with Gasteiger partial charge in [0.1, 0.15) is 0 Å². The van der Waals surface area contributed by atoms with Gasteiger partial charge in [0.05, 0.1) is 19.8 Å². The predicted molar refractivity (Wildman–Crippen MR) is 119 cm³/mol. The van der Waals surface area contributed by atoms with Gasteiger partial charge in [-0.2, -0.15) is 11.8 Å². The van der Waals surface area contributed by atoms with Gasteiger partial charge in [-0.1, -0.05) is 34.6 Å². The molecule has 0 aromatic carbocycles. The molecule has 2 bridgehead atoms. The second kappa shape index (κ2) is 10.7. The monoisotopic (exact) mass is 413 g/mol. The Balaban J connectivity index is 1.48. The van der Waals surface area contributed by atoms with Crippen molar-refractivity contribution in [3.8, 4) is 0 Å². The first-order chi connectivity index (χ1) is 13.1. The summed E-state index contributed by atoms with van der Waals surface area (Å²) in [5.74, 6) is 3.39. The van der Waals surface area contributed by atoms with Crippen LogP contribution in [0.5, 0.6) is 0 Å². The van der Waals surface area contributed by atoms with Crippen molar-refractivity contribution in [1.29, 1.82) is 0 Å². The Kier molecular flexibility index (Phi) is 9.15. The van der Waals surface area contributed by atoms with Crippen LogP contribution in [0.1, 0.15) is 73.1 Å². The highest BCUT2D eigenvalue weighted by Gasteiger charge is 2.60. The molecule has 0 spiro atoms. The van der Waals surface area contributed by atoms with Crippen LogP contribution in [-0.2, 0) is 14.3 Å². The number of amides is 1. The number of carbonyl (C=O) groups is 1. The average molecular weight is 414 g/mol. The molecule has 0 heterocycles. The largest absolute Gasteiger partial charge is 0.379 e. The van der Waals surface area contributed by atoms with Crippen LogP contribution in [0.15, 0.2) is 0 Å². The van der Waals surface area contributed by atoms with E-state index in [2.05, 4.69) is 51.7 Å². The Labute approximate surface area is 177 Å². The normalized spacial score (nSPS) is 26.5. The molecular weight excluding hydrogens is 370 g/mol. The lowest BCUT2D eigenvalue weighted by molar-refractivity contribution is -0.125. The van der Waals surface area contributed by atoms with E-state index < -0.39 is 0 Å². The van der Waals surface area contributed by atoms with Crippen LogP contribution >= 0.6 is 11.8 Å². The molecule has 0 aliphatic heterocycles. The minimum atomic E-state index is 0.203. The Morgan fingerprint density at radius 2 is 1.68 bits per heavy atom. The van der Waals surface area contributed by atoms with Crippen LogP contribution in [0.4, 0.5) is 0 Å². The van der Waals surface area contributed by atoms with Crippen molar-refractivity contribution >= 4 is 17.7 Å². The molecule has 0 unspecified atom stereocenters. The first-order valence-electron chi connectivity index (χ1n) is 11.1. The third-order valence-electron chi connectivity index (χ3n) is 5.94. The van der Waals surface area contributed by atoms with Gasteiger partial charge in [-0.3, -0.25) is 4.79 Å². The minimum Gasteiger partial charge on any atom is -0.379 e. The molecule has 0 radical (unpaired) electrons. The van der Waals surface area contributed by atoms with E-state index in [4.69, 9.17) is 9.47 Å². The summed E-state index contributed by atoms with van der Waals surface area (Å²) in [4.78, 5) is 12.3. The fourth-order valence-electron chi connectivity index (χ4n) is 4.69. The third-order valence-corrected chi connectivity index (χ3v) is 7.83. The lowest BCUT2D eigenvalue weighted by Crippen LogP contribution is -2.43. The van der Waals surface area contributed by atoms with Gasteiger partial charge in [0, 0.05) is 19.6 Å². The Bertz CT molecular complexity index is 481. The fraction of sp³-hybridized carbons (Fsp3) is 0.957. The fourth-order valence-corrected chi connectivity index (χ4v) is 6.19. The van der Waals surface area contributed by atoms with Crippen molar-refractivity contribution in [3.05, 3.63) is 0 Å². The summed E-state index contributed by atoms with van der Waals surface area (Å²) in [5.41, 5.74) is 1.25. The standard InChI is InChI=1S/C23H43NO3S/c1-19(2)6-10-26-12-13-27-11-9-24-20(25)14-22-7-8-23(15-22,16-22)18-28-17-21(3,4)5/h19H,6-18H2,1-5H3,(H,24,25). The number of hydrogen-bond donors (Lipinski definition) is 1. The molecule has 0 saturated heterocycles. The quantitative estimate of drug-likeness (QED) is 0.411. The van der Waals surface area contributed by atoms with Gasteiger partial charge in [0.15, 0.2) is 0 Å². The maximum Gasteiger partial charge on any atom is 0.220 e. The SMILES string of the molecule is CC(C)CCOCCOCCNC(=O)CC12CCC(CSCC(C)(C)C)(C1)C2. The molecule has 3 aliphatic rings. The number of rotatable bonds is 14. The van der Waals surface area contributed by atoms with E-state index in [1.807, 2.05) is 0 Å². The molecule has 1 N–H and O–H groups in total. The van der Waals surface area contributed by atoms with E-state index in [-0.39, 0.29) is 5.91 Å². The van der Waals surface area contributed by atoms with Gasteiger partial charge < -0.3 is 14.8 Å². The molecule has 0 atom stereocenters. The molecule has 164 valence electrons. The summed E-state index contributed by atoms with van der Waals surface area (Å²) >= 11 is 2.11. The van der Waals surface area contributed by atoms with Crippen LogP contribution in [0.25, 0.3) is 0 Å². The molecule has 3 rings (SSSR count). The highest BCUT2D eigenvalue weighted by molar-refractivity contribution is 7.99. The maximum absolute atomic E-state index is 12.3. The molecular formula is C23H43NO3S. The van der Waals surface area contributed by atoms with Crippen LogP contribution in [0.3, 0.4) is 0 Å². The van der Waals surface area contributed by atoms with Gasteiger partial charge in [0.25, 0.3) is 0 Å². The number of fused-ring (bicyclic) bond motifs is 1. The zero-order valence-corrected chi connectivity index (χ0v) is 19.7. The first kappa shape index (κ1) is 24.0. The number of nitrogens with one attached hydrogen (secondary N) is 1. The number of ether oxygens (including phenoxy) is 2. The van der Waals surface area contributed by atoms with Gasteiger partial charge in [-0.15, -0.1) is 0 Å². The number of carbonyl (C=O) groups excluding carboxylic acids is 1. The summed E-state index contributed by atoms with van der Waals surface area (Å²) < 4.78 is 11.1. The summed E-state index contributed by atoms with van der Waals surface area (Å²) in [7, 11) is 0. The first-order valence-corrected chi connectivity index (χ1v) is 12.3. The Morgan fingerprint density at radius 3 is 2.32 bits per heavy atom. The van der Waals surface area contributed by atoms with Crippen molar-refractivity contribution in [3.63, 3.8) is 0 Å². The third kappa shape index (κ3) is 8.23. The van der Waals surface area contributed by atoms with Crippen molar-refractivity contribution in [2.75, 3.05) is 44.5 Å². The van der Waals surface area contributed by atoms with Crippen molar-refractivity contribution in [2.45, 2.75) is 73.1 Å². The van der Waals surface area contributed by atoms with Gasteiger partial charge in [-0.05, 0) is 65.8 Å². The highest BCUT2D eigenvalue weighted by atomic mass is 32.2. The van der Waals surface area contributed by atoms with Crippen LogP contribution in [0.2, 0.25) is 0 Å². The van der Waals surface area contributed by atoms with Crippen molar-refractivity contribution in [1.82, 2.24) is 5.32 Å². The van der Waals surface area contributed by atoms with Crippen molar-refractivity contribution < 1.29 is 14.3 Å². The summed E-state index contributed by atoms with van der Waals surface area (Å²) in [6.45, 7) is 14.5. The molecule has 28 heavy (non-hydrogen) atoms. The smallest absolute Gasteiger partial charge is 0.220 e. The number of hydrogen-bond acceptors (Lipinski definition) is 4. The summed E-state index contributed by atoms with van der Waals surface area (Å²) in [6, 6.07) is 0. The van der Waals surface area contributed by atoms with E-state index in [1.54, 1.807) is 0 Å². The van der Waals surface area contributed by atoms with Gasteiger partial charge >= 0.3 is 0 Å². The van der Waals surface area contributed by atoms with Crippen LogP contribution < -0.4 is 5.32 Å². The zero-order valence-electron chi connectivity index (χ0n) is 18.9. The van der Waals surface area contributed by atoms with E-state index in [1.165, 1.54) is 37.2 Å². The van der Waals surface area contributed by atoms with Gasteiger partial charge in [-0.25, -0.2) is 0 Å². The second-order valence-corrected chi connectivity index (χ2v) is 11.8. The molecule has 4 nitrogen and oxygen atoms in total. The van der Waals surface area contributed by atoms with Gasteiger partial charge in [0.2, 0.25) is 5.91 Å². The summed E-state index contributed by atoms with van der Waals surface area (Å²) in [6.07, 6.45) is 6.87. The Morgan fingerprint density at radius 1 is 1.04 bits per heavy atom. The highest BCUT2D eigenvalue weighted by Crippen LogP contribution is 2.69. The molecule has 0 aromatic heterocycles. The van der Waals surface area contributed by atoms with E-state index >= 15 is 0 Å². The van der Waals surface area contributed by atoms with E-state index in [9.17, 15) is 4.79 Å². The van der Waals surface area contributed by atoms with E-state index in [0.717, 1.165) is 13.0 Å². The van der Waals surface area contributed by atoms with Crippen LogP contribution in [0, 0.1) is 22.2 Å². The lowest BCUT2D eigenvalue weighted by Gasteiger charge is -2.47. The second-order valence-electron chi connectivity index (χ2n) is 10.8. The minimum absolute atomic E-state index is 0.203. The lowest BCUT2D eigenvalue weighted by atomic mass is 9.59. The Hall–Kier alpha value is -0.260. The summed E-state index contributed by atoms with van der Waals surface area (Å²) in [5, 5.41) is 3.04. The molecule has 5 heteroatoms. The predicted octanol–water partition coefficient (Wildman–Crippen LogP) is 4.91. The topological polar surface area (TPSA) is 47.6 Å². The molecule has 3 saturated carbocycles. The molecule has 1 amide bonds. The average Bonchev–Trinajstić information content (AvgIpc) is 3.06. The van der Waals surface area contributed by atoms with Crippen LogP contribution in [-0.4, -0.2) is 50.4 Å². The maximum atomic E-state index is 12.3. The van der Waals surface area contributed by atoms with Crippen molar-refractivity contribution in [2.24, 2.45) is 22.2 Å². The molecule has 0 aromatic rings. The number of thioether (sulfide) groups is 1. The zero-order chi connectivity index (χ0) is 20.7. The molecule has 3 fully saturated rings. The van der Waals surface area contributed by atoms with E-state index in [0.29, 0.717) is 54.9 Å².